The van der Waals surface area contributed by atoms with Gasteiger partial charge in [-0.25, -0.2) is 4.98 Å². The van der Waals surface area contributed by atoms with Crippen molar-refractivity contribution in [3.05, 3.63) is 58.6 Å². The highest BCUT2D eigenvalue weighted by atomic mass is 16.6. The summed E-state index contributed by atoms with van der Waals surface area (Å²) in [6, 6.07) is 12.4. The Labute approximate surface area is 182 Å². The van der Waals surface area contributed by atoms with Gasteiger partial charge in [0, 0.05) is 24.4 Å². The van der Waals surface area contributed by atoms with Crippen molar-refractivity contribution in [1.82, 2.24) is 9.55 Å². The first-order valence-corrected chi connectivity index (χ1v) is 10.5. The molecular weight excluding hydrogens is 414 g/mol. The average molecular weight is 435 g/mol. The second-order valence-corrected chi connectivity index (χ2v) is 7.93. The van der Waals surface area contributed by atoms with Crippen LogP contribution in [0.2, 0.25) is 0 Å². The highest BCUT2D eigenvalue weighted by Gasteiger charge is 2.42. The van der Waals surface area contributed by atoms with Gasteiger partial charge >= 0.3 is 0 Å². The molecule has 1 fully saturated rings. The van der Waals surface area contributed by atoms with E-state index in [0.717, 1.165) is 23.9 Å². The molecule has 3 aromatic rings. The third-order valence-electron chi connectivity index (χ3n) is 5.81. The third kappa shape index (κ3) is 3.58. The van der Waals surface area contributed by atoms with Crippen molar-refractivity contribution in [2.75, 3.05) is 23.4 Å². The summed E-state index contributed by atoms with van der Waals surface area (Å²) in [4.78, 5) is 42.9. The first kappa shape index (κ1) is 20.1. The quantitative estimate of drug-likeness (QED) is 0.469. The van der Waals surface area contributed by atoms with Gasteiger partial charge in [-0.3, -0.25) is 29.2 Å². The highest BCUT2D eigenvalue weighted by Crippen LogP contribution is 2.37. The molecule has 0 spiro atoms. The predicted molar refractivity (Wildman–Crippen MR) is 116 cm³/mol. The number of ether oxygens (including phenoxy) is 1. The van der Waals surface area contributed by atoms with E-state index in [0.29, 0.717) is 24.8 Å². The van der Waals surface area contributed by atoms with Gasteiger partial charge in [-0.2, -0.15) is 0 Å². The van der Waals surface area contributed by atoms with E-state index in [4.69, 9.17) is 4.74 Å². The first-order chi connectivity index (χ1) is 15.5. The molecule has 0 unspecified atom stereocenters. The van der Waals surface area contributed by atoms with Gasteiger partial charge in [0.05, 0.1) is 35.0 Å². The number of hydrogen-bond donors (Lipinski definition) is 1. The highest BCUT2D eigenvalue weighted by molar-refractivity contribution is 6.05. The minimum absolute atomic E-state index is 0.0512. The normalized spacial score (nSPS) is 20.0. The lowest BCUT2D eigenvalue weighted by atomic mass is 10.1. The number of nitro benzene ring substituents is 1. The summed E-state index contributed by atoms with van der Waals surface area (Å²) in [5, 5.41) is 13.7. The van der Waals surface area contributed by atoms with Crippen LogP contribution in [-0.4, -0.2) is 45.5 Å². The van der Waals surface area contributed by atoms with Crippen molar-refractivity contribution >= 4 is 40.2 Å². The predicted octanol–water partition coefficient (Wildman–Crippen LogP) is 3.04. The van der Waals surface area contributed by atoms with Crippen LogP contribution in [0.5, 0.6) is 0 Å². The van der Waals surface area contributed by atoms with Gasteiger partial charge in [-0.05, 0) is 31.0 Å². The van der Waals surface area contributed by atoms with E-state index < -0.39 is 16.9 Å². The molecule has 5 rings (SSSR count). The van der Waals surface area contributed by atoms with Crippen molar-refractivity contribution in [2.45, 2.75) is 31.4 Å². The van der Waals surface area contributed by atoms with Crippen LogP contribution < -0.4 is 10.2 Å². The lowest BCUT2D eigenvalue weighted by Crippen LogP contribution is -2.37. The maximum atomic E-state index is 13.3. The van der Waals surface area contributed by atoms with E-state index in [1.807, 2.05) is 24.3 Å². The number of aromatic nitrogens is 2. The molecule has 1 aromatic heterocycles. The van der Waals surface area contributed by atoms with Crippen LogP contribution in [0.25, 0.3) is 11.0 Å². The van der Waals surface area contributed by atoms with E-state index in [1.165, 1.54) is 18.2 Å². The lowest BCUT2D eigenvalue weighted by Gasteiger charge is -2.19. The van der Waals surface area contributed by atoms with Crippen LogP contribution in [0, 0.1) is 10.1 Å². The smallest absolute Gasteiger partial charge is 0.271 e. The molecule has 2 atom stereocenters. The summed E-state index contributed by atoms with van der Waals surface area (Å²) in [6.45, 7) is 1.07. The summed E-state index contributed by atoms with van der Waals surface area (Å²) < 4.78 is 7.52. The first-order valence-electron chi connectivity index (χ1n) is 10.5. The van der Waals surface area contributed by atoms with Crippen molar-refractivity contribution in [1.29, 1.82) is 0 Å². The number of rotatable bonds is 6. The standard InChI is InChI=1S/C22H21N5O5/c28-20(23-14-5-3-6-15(11-14)27(30)31)12-19-21(29)25(13-16-7-4-10-32-16)22-24-17-8-1-2-9-18(17)26(19)22/h1-3,5-6,8-9,11,16,19H,4,7,10,12-13H2,(H,23,28)/t16-,19-/m0/s1. The summed E-state index contributed by atoms with van der Waals surface area (Å²) in [7, 11) is 0. The topological polar surface area (TPSA) is 120 Å². The van der Waals surface area contributed by atoms with Gasteiger partial charge in [0.1, 0.15) is 6.04 Å². The number of nitrogens with one attached hydrogen (secondary N) is 1. The maximum Gasteiger partial charge on any atom is 0.271 e. The molecule has 2 aliphatic heterocycles. The van der Waals surface area contributed by atoms with Gasteiger partial charge < -0.3 is 10.1 Å². The van der Waals surface area contributed by atoms with Gasteiger partial charge in [0.25, 0.3) is 11.6 Å². The number of nitrogens with zero attached hydrogens (tertiary/aromatic N) is 4. The minimum atomic E-state index is -0.752. The fourth-order valence-corrected chi connectivity index (χ4v) is 4.35. The summed E-state index contributed by atoms with van der Waals surface area (Å²) in [6.07, 6.45) is 1.67. The molecule has 2 amide bonds. The van der Waals surface area contributed by atoms with E-state index >= 15 is 0 Å². The molecule has 10 heteroatoms. The Morgan fingerprint density at radius 3 is 2.88 bits per heavy atom. The van der Waals surface area contributed by atoms with Crippen LogP contribution in [0.3, 0.4) is 0 Å². The Kier molecular flexibility index (Phi) is 5.06. The van der Waals surface area contributed by atoms with E-state index in [2.05, 4.69) is 10.3 Å². The zero-order chi connectivity index (χ0) is 22.2. The van der Waals surface area contributed by atoms with Gasteiger partial charge in [0.2, 0.25) is 11.9 Å². The Balaban J connectivity index is 1.42. The molecule has 164 valence electrons. The van der Waals surface area contributed by atoms with E-state index in [1.54, 1.807) is 15.5 Å². The van der Waals surface area contributed by atoms with E-state index in [-0.39, 0.29) is 24.1 Å². The molecular formula is C22H21N5O5. The summed E-state index contributed by atoms with van der Waals surface area (Å²) in [5.74, 6) is -0.102. The number of imidazole rings is 1. The van der Waals surface area contributed by atoms with Gasteiger partial charge in [-0.1, -0.05) is 18.2 Å². The average Bonchev–Trinajstić information content (AvgIpc) is 3.48. The Morgan fingerprint density at radius 2 is 2.09 bits per heavy atom. The van der Waals surface area contributed by atoms with Crippen molar-refractivity contribution in [2.24, 2.45) is 0 Å². The number of anilines is 2. The van der Waals surface area contributed by atoms with Crippen LogP contribution in [-0.2, 0) is 14.3 Å². The zero-order valence-electron chi connectivity index (χ0n) is 17.1. The SMILES string of the molecule is O=C(C[C@H]1C(=O)N(C[C@@H]2CCCO2)c2nc3ccccc3n21)Nc1cccc([N+](=O)[O-])c1. The van der Waals surface area contributed by atoms with Crippen molar-refractivity contribution < 1.29 is 19.2 Å². The Hall–Kier alpha value is -3.79. The summed E-state index contributed by atoms with van der Waals surface area (Å²) in [5.41, 5.74) is 1.71. The lowest BCUT2D eigenvalue weighted by molar-refractivity contribution is -0.384. The largest absolute Gasteiger partial charge is 0.376 e. The fourth-order valence-electron chi connectivity index (χ4n) is 4.35. The molecule has 10 nitrogen and oxygen atoms in total. The van der Waals surface area contributed by atoms with Crippen molar-refractivity contribution in [3.8, 4) is 0 Å². The number of para-hydroxylation sites is 2. The molecule has 0 bridgehead atoms. The molecule has 32 heavy (non-hydrogen) atoms. The van der Waals surface area contributed by atoms with Crippen LogP contribution in [0.4, 0.5) is 17.3 Å². The number of non-ortho nitro benzene ring substituents is 1. The number of nitro groups is 1. The third-order valence-corrected chi connectivity index (χ3v) is 5.81. The molecule has 3 heterocycles. The second-order valence-electron chi connectivity index (χ2n) is 7.93. The molecule has 0 radical (unpaired) electrons. The van der Waals surface area contributed by atoms with Gasteiger partial charge in [0.15, 0.2) is 0 Å². The molecule has 2 aliphatic rings. The number of amides is 2. The minimum Gasteiger partial charge on any atom is -0.376 e. The zero-order valence-corrected chi connectivity index (χ0v) is 17.1. The fraction of sp³-hybridized carbons (Fsp3) is 0.318. The number of fused-ring (bicyclic) bond motifs is 3. The van der Waals surface area contributed by atoms with Crippen LogP contribution in [0.15, 0.2) is 48.5 Å². The van der Waals surface area contributed by atoms with Crippen LogP contribution in [0.1, 0.15) is 25.3 Å². The molecule has 0 saturated carbocycles. The Morgan fingerprint density at radius 1 is 1.25 bits per heavy atom. The number of hydrogen-bond acceptors (Lipinski definition) is 6. The van der Waals surface area contributed by atoms with E-state index in [9.17, 15) is 19.7 Å². The maximum absolute atomic E-state index is 13.3. The van der Waals surface area contributed by atoms with Crippen molar-refractivity contribution in [3.63, 3.8) is 0 Å². The number of carbonyl (C=O) groups is 2. The Bertz CT molecular complexity index is 1220. The number of carbonyl (C=O) groups excluding carboxylic acids is 2. The van der Waals surface area contributed by atoms with Crippen LogP contribution >= 0.6 is 0 Å². The molecule has 1 saturated heterocycles. The monoisotopic (exact) mass is 435 g/mol. The van der Waals surface area contributed by atoms with Gasteiger partial charge in [-0.15, -0.1) is 0 Å². The molecule has 2 aromatic carbocycles. The second kappa shape index (κ2) is 8.04. The summed E-state index contributed by atoms with van der Waals surface area (Å²) >= 11 is 0. The molecule has 0 aliphatic carbocycles. The number of benzene rings is 2. The molecule has 1 N–H and O–H groups in total.